The minimum Gasteiger partial charge on any atom is -0.476 e. The third kappa shape index (κ3) is 5.81. The summed E-state index contributed by atoms with van der Waals surface area (Å²) in [4.78, 5) is 36.7. The van der Waals surface area contributed by atoms with Crippen LogP contribution < -0.4 is 20.7 Å². The van der Waals surface area contributed by atoms with E-state index in [9.17, 15) is 9.59 Å². The SMILES string of the molecule is CNc1ncnc2c1ccn2C(=O)Nc1ccnc(OCCNC(=O)OC(C)(C)C)c1. The van der Waals surface area contributed by atoms with Crippen LogP contribution in [0.3, 0.4) is 0 Å². The number of carbonyl (C=O) groups is 2. The van der Waals surface area contributed by atoms with Crippen molar-refractivity contribution in [1.29, 1.82) is 0 Å². The molecule has 0 aromatic carbocycles. The van der Waals surface area contributed by atoms with Crippen molar-refractivity contribution in [1.82, 2.24) is 24.8 Å². The summed E-state index contributed by atoms with van der Waals surface area (Å²) in [6.07, 6.45) is 4.01. The number of hydrogen-bond acceptors (Lipinski definition) is 8. The van der Waals surface area contributed by atoms with Gasteiger partial charge in [0.25, 0.3) is 0 Å². The van der Waals surface area contributed by atoms with Gasteiger partial charge in [-0.1, -0.05) is 0 Å². The lowest BCUT2D eigenvalue weighted by molar-refractivity contribution is 0.0520. The minimum absolute atomic E-state index is 0.190. The Morgan fingerprint density at radius 1 is 1.16 bits per heavy atom. The van der Waals surface area contributed by atoms with Crippen molar-refractivity contribution in [2.75, 3.05) is 30.8 Å². The predicted octanol–water partition coefficient (Wildman–Crippen LogP) is 2.85. The van der Waals surface area contributed by atoms with Crippen molar-refractivity contribution in [2.24, 2.45) is 0 Å². The molecule has 11 nitrogen and oxygen atoms in total. The van der Waals surface area contributed by atoms with E-state index in [1.807, 2.05) is 0 Å². The van der Waals surface area contributed by atoms with Crippen molar-refractivity contribution in [3.63, 3.8) is 0 Å². The van der Waals surface area contributed by atoms with Gasteiger partial charge in [-0.15, -0.1) is 0 Å². The highest BCUT2D eigenvalue weighted by Crippen LogP contribution is 2.21. The molecular formula is C20H25N7O4. The number of hydrogen-bond donors (Lipinski definition) is 3. The second-order valence-electron chi connectivity index (χ2n) is 7.49. The van der Waals surface area contributed by atoms with Gasteiger partial charge in [0.2, 0.25) is 5.88 Å². The van der Waals surface area contributed by atoms with Crippen LogP contribution in [0.1, 0.15) is 20.8 Å². The number of nitrogens with zero attached hydrogens (tertiary/aromatic N) is 4. The van der Waals surface area contributed by atoms with E-state index in [4.69, 9.17) is 9.47 Å². The number of nitrogens with one attached hydrogen (secondary N) is 3. The molecule has 0 saturated heterocycles. The number of alkyl carbamates (subject to hydrolysis) is 1. The van der Waals surface area contributed by atoms with Crippen molar-refractivity contribution in [2.45, 2.75) is 26.4 Å². The molecule has 31 heavy (non-hydrogen) atoms. The average Bonchev–Trinajstić information content (AvgIpc) is 3.14. The molecule has 0 spiro atoms. The molecule has 0 bridgehead atoms. The van der Waals surface area contributed by atoms with Crippen molar-refractivity contribution >= 4 is 34.7 Å². The molecule has 0 aliphatic rings. The number of pyridine rings is 1. The first-order chi connectivity index (χ1) is 14.8. The molecule has 0 saturated carbocycles. The number of anilines is 2. The van der Waals surface area contributed by atoms with E-state index in [0.717, 1.165) is 5.39 Å². The number of fused-ring (bicyclic) bond motifs is 1. The standard InChI is InChI=1S/C20H25N7O4/c1-20(2,3)31-19(29)23-8-10-30-15-11-13(5-7-22-15)26-18(28)27-9-6-14-16(21-4)24-12-25-17(14)27/h5-7,9,11-12H,8,10H2,1-4H3,(H,23,29)(H,21,24,25)(H,22,26,28). The average molecular weight is 427 g/mol. The van der Waals surface area contributed by atoms with Crippen LogP contribution in [0.2, 0.25) is 0 Å². The first-order valence-corrected chi connectivity index (χ1v) is 9.64. The zero-order valence-electron chi connectivity index (χ0n) is 17.8. The highest BCUT2D eigenvalue weighted by Gasteiger charge is 2.16. The van der Waals surface area contributed by atoms with Gasteiger partial charge in [-0.05, 0) is 32.9 Å². The van der Waals surface area contributed by atoms with Gasteiger partial charge in [0.1, 0.15) is 24.4 Å². The molecule has 2 amide bonds. The summed E-state index contributed by atoms with van der Waals surface area (Å²) < 4.78 is 12.1. The Morgan fingerprint density at radius 3 is 2.71 bits per heavy atom. The van der Waals surface area contributed by atoms with E-state index in [-0.39, 0.29) is 19.2 Å². The van der Waals surface area contributed by atoms with Gasteiger partial charge < -0.3 is 25.4 Å². The molecule has 0 aliphatic carbocycles. The molecule has 0 fully saturated rings. The van der Waals surface area contributed by atoms with Crippen LogP contribution in [0.15, 0.2) is 36.9 Å². The van der Waals surface area contributed by atoms with Gasteiger partial charge in [0.05, 0.1) is 11.9 Å². The molecule has 0 atom stereocenters. The predicted molar refractivity (Wildman–Crippen MR) is 115 cm³/mol. The molecule has 3 rings (SSSR count). The highest BCUT2D eigenvalue weighted by molar-refractivity contribution is 5.99. The first kappa shape index (κ1) is 21.8. The Kier molecular flexibility index (Phi) is 6.53. The number of amides is 2. The van der Waals surface area contributed by atoms with Crippen molar-refractivity contribution < 1.29 is 19.1 Å². The van der Waals surface area contributed by atoms with Crippen LogP contribution in [-0.2, 0) is 4.74 Å². The zero-order valence-corrected chi connectivity index (χ0v) is 17.8. The van der Waals surface area contributed by atoms with E-state index < -0.39 is 11.7 Å². The Morgan fingerprint density at radius 2 is 1.97 bits per heavy atom. The summed E-state index contributed by atoms with van der Waals surface area (Å²) in [5.41, 5.74) is 0.417. The van der Waals surface area contributed by atoms with Gasteiger partial charge in [-0.25, -0.2) is 24.5 Å². The van der Waals surface area contributed by atoms with E-state index in [0.29, 0.717) is 23.0 Å². The summed E-state index contributed by atoms with van der Waals surface area (Å²) >= 11 is 0. The van der Waals surface area contributed by atoms with Gasteiger partial charge >= 0.3 is 12.1 Å². The summed E-state index contributed by atoms with van der Waals surface area (Å²) in [7, 11) is 1.75. The summed E-state index contributed by atoms with van der Waals surface area (Å²) in [6.45, 7) is 5.80. The molecule has 0 unspecified atom stereocenters. The third-order valence-corrected chi connectivity index (χ3v) is 3.94. The van der Waals surface area contributed by atoms with Crippen LogP contribution >= 0.6 is 0 Å². The first-order valence-electron chi connectivity index (χ1n) is 9.64. The quantitative estimate of drug-likeness (QED) is 0.512. The van der Waals surface area contributed by atoms with E-state index in [2.05, 4.69) is 30.9 Å². The van der Waals surface area contributed by atoms with Gasteiger partial charge in [-0.3, -0.25) is 4.57 Å². The molecular weight excluding hydrogens is 402 g/mol. The topological polar surface area (TPSA) is 132 Å². The lowest BCUT2D eigenvalue weighted by Crippen LogP contribution is -2.34. The second-order valence-corrected chi connectivity index (χ2v) is 7.49. The summed E-state index contributed by atoms with van der Waals surface area (Å²) in [6, 6.07) is 4.60. The lowest BCUT2D eigenvalue weighted by atomic mass is 10.2. The maximum absolute atomic E-state index is 12.7. The lowest BCUT2D eigenvalue weighted by Gasteiger charge is -2.19. The molecule has 11 heteroatoms. The van der Waals surface area contributed by atoms with Crippen molar-refractivity contribution in [3.05, 3.63) is 36.9 Å². The minimum atomic E-state index is -0.565. The third-order valence-electron chi connectivity index (χ3n) is 3.94. The maximum atomic E-state index is 12.7. The fraction of sp³-hybridized carbons (Fsp3) is 0.350. The van der Waals surface area contributed by atoms with Crippen LogP contribution in [0.4, 0.5) is 21.1 Å². The molecule has 0 radical (unpaired) electrons. The van der Waals surface area contributed by atoms with E-state index >= 15 is 0 Å². The van der Waals surface area contributed by atoms with Gasteiger partial charge in [0.15, 0.2) is 5.65 Å². The number of aromatic nitrogens is 4. The Bertz CT molecular complexity index is 1070. The summed E-state index contributed by atoms with van der Waals surface area (Å²) in [5.74, 6) is 0.942. The van der Waals surface area contributed by atoms with Gasteiger partial charge in [-0.2, -0.15) is 0 Å². The maximum Gasteiger partial charge on any atom is 0.407 e. The largest absolute Gasteiger partial charge is 0.476 e. The number of rotatable bonds is 6. The Balaban J connectivity index is 1.57. The molecule has 3 aromatic heterocycles. The fourth-order valence-electron chi connectivity index (χ4n) is 2.69. The molecule has 3 heterocycles. The monoisotopic (exact) mass is 427 g/mol. The van der Waals surface area contributed by atoms with Gasteiger partial charge in [0, 0.05) is 31.2 Å². The normalized spacial score (nSPS) is 11.1. The molecule has 0 aliphatic heterocycles. The van der Waals surface area contributed by atoms with Crippen LogP contribution in [0.25, 0.3) is 11.0 Å². The van der Waals surface area contributed by atoms with E-state index in [1.165, 1.54) is 17.1 Å². The van der Waals surface area contributed by atoms with E-state index in [1.54, 1.807) is 52.2 Å². The Labute approximate surface area is 179 Å². The fourth-order valence-corrected chi connectivity index (χ4v) is 2.69. The number of ether oxygens (including phenoxy) is 2. The van der Waals surface area contributed by atoms with Crippen LogP contribution in [-0.4, -0.2) is 57.4 Å². The van der Waals surface area contributed by atoms with Crippen molar-refractivity contribution in [3.8, 4) is 5.88 Å². The molecule has 164 valence electrons. The highest BCUT2D eigenvalue weighted by atomic mass is 16.6. The number of carbonyl (C=O) groups excluding carboxylic acids is 2. The Hall–Kier alpha value is -3.89. The summed E-state index contributed by atoms with van der Waals surface area (Å²) in [5, 5.41) is 9.08. The molecule has 3 aromatic rings. The molecule has 3 N–H and O–H groups in total. The smallest absolute Gasteiger partial charge is 0.407 e. The second kappa shape index (κ2) is 9.28. The zero-order chi connectivity index (χ0) is 22.4. The van der Waals surface area contributed by atoms with Crippen LogP contribution in [0.5, 0.6) is 5.88 Å². The van der Waals surface area contributed by atoms with Crippen LogP contribution in [0, 0.1) is 0 Å².